The molecule has 0 aliphatic rings. The number of nitrogens with one attached hydrogen (secondary N) is 2. The van der Waals surface area contributed by atoms with Crippen LogP contribution < -0.4 is 24.8 Å². The highest BCUT2D eigenvalue weighted by atomic mass is 32.1. The molecule has 3 aromatic carbocycles. The number of methoxy groups -OCH3 is 2. The Morgan fingerprint density at radius 3 is 1.81 bits per heavy atom. The maximum Gasteiger partial charge on any atom is 0.175 e. The Morgan fingerprint density at radius 1 is 0.667 bits per heavy atom. The molecule has 0 amide bonds. The third kappa shape index (κ3) is 5.36. The first-order valence-electron chi connectivity index (χ1n) is 8.30. The van der Waals surface area contributed by atoms with Gasteiger partial charge in [-0.05, 0) is 48.6 Å². The number of hydrogen-bond donors (Lipinski definition) is 2. The van der Waals surface area contributed by atoms with Crippen LogP contribution in [0.3, 0.4) is 0 Å². The second-order valence-electron chi connectivity index (χ2n) is 5.62. The van der Waals surface area contributed by atoms with Gasteiger partial charge in [-0.25, -0.2) is 0 Å². The molecule has 0 heterocycles. The van der Waals surface area contributed by atoms with Crippen molar-refractivity contribution in [2.45, 2.75) is 0 Å². The highest BCUT2D eigenvalue weighted by molar-refractivity contribution is 7.80. The molecule has 2 N–H and O–H groups in total. The lowest BCUT2D eigenvalue weighted by molar-refractivity contribution is 0.395. The Morgan fingerprint density at radius 2 is 1.22 bits per heavy atom. The van der Waals surface area contributed by atoms with Crippen LogP contribution in [0.15, 0.2) is 72.8 Å². The minimum absolute atomic E-state index is 0.460. The average Bonchev–Trinajstić information content (AvgIpc) is 2.70. The van der Waals surface area contributed by atoms with Crippen LogP contribution in [0, 0.1) is 0 Å². The van der Waals surface area contributed by atoms with Crippen LogP contribution in [0.2, 0.25) is 0 Å². The smallest absolute Gasteiger partial charge is 0.175 e. The quantitative estimate of drug-likeness (QED) is 0.566. The Kier molecular flexibility index (Phi) is 6.12. The zero-order valence-electron chi connectivity index (χ0n) is 15.1. The number of rotatable bonds is 6. The maximum atomic E-state index is 5.78. The summed E-state index contributed by atoms with van der Waals surface area (Å²) in [5, 5.41) is 6.72. The summed E-state index contributed by atoms with van der Waals surface area (Å²) < 4.78 is 16.3. The highest BCUT2D eigenvalue weighted by Crippen LogP contribution is 2.26. The second kappa shape index (κ2) is 8.91. The van der Waals surface area contributed by atoms with Crippen LogP contribution in [0.5, 0.6) is 23.0 Å². The van der Waals surface area contributed by atoms with Gasteiger partial charge in [-0.15, -0.1) is 0 Å². The molecule has 138 valence electrons. The lowest BCUT2D eigenvalue weighted by Gasteiger charge is -2.13. The number of hydrogen-bond acceptors (Lipinski definition) is 4. The largest absolute Gasteiger partial charge is 0.497 e. The topological polar surface area (TPSA) is 51.8 Å². The van der Waals surface area contributed by atoms with E-state index in [9.17, 15) is 0 Å². The minimum Gasteiger partial charge on any atom is -0.497 e. The number of ether oxygens (including phenoxy) is 3. The molecule has 0 unspecified atom stereocenters. The zero-order chi connectivity index (χ0) is 19.1. The van der Waals surface area contributed by atoms with Crippen molar-refractivity contribution in [3.05, 3.63) is 72.8 Å². The van der Waals surface area contributed by atoms with Gasteiger partial charge in [0.2, 0.25) is 0 Å². The predicted octanol–water partition coefficient (Wildman–Crippen LogP) is 5.31. The molecule has 3 rings (SSSR count). The SMILES string of the molecule is COc1cc(NC(=S)Nc2ccc(Oc3ccccc3)cc2)cc(OC)c1. The van der Waals surface area contributed by atoms with E-state index in [-0.39, 0.29) is 0 Å². The average molecular weight is 380 g/mol. The molecule has 0 saturated heterocycles. The fourth-order valence-corrected chi connectivity index (χ4v) is 2.64. The van der Waals surface area contributed by atoms with Crippen LogP contribution >= 0.6 is 12.2 Å². The number of para-hydroxylation sites is 1. The molecule has 27 heavy (non-hydrogen) atoms. The Bertz CT molecular complexity index is 877. The molecule has 0 aliphatic heterocycles. The van der Waals surface area contributed by atoms with Crippen molar-refractivity contribution in [3.8, 4) is 23.0 Å². The first-order chi connectivity index (χ1) is 13.2. The van der Waals surface area contributed by atoms with Crippen molar-refractivity contribution >= 4 is 28.7 Å². The van der Waals surface area contributed by atoms with E-state index in [1.165, 1.54) is 0 Å². The summed E-state index contributed by atoms with van der Waals surface area (Å²) in [5.74, 6) is 2.91. The van der Waals surface area contributed by atoms with E-state index in [1.807, 2.05) is 66.7 Å². The molecule has 0 aliphatic carbocycles. The summed E-state index contributed by atoms with van der Waals surface area (Å²) in [6, 6.07) is 22.7. The first kappa shape index (κ1) is 18.5. The standard InChI is InChI=1S/C21H20N2O3S/c1-24-19-12-16(13-20(14-19)25-2)23-21(27)22-15-8-10-18(11-9-15)26-17-6-4-3-5-7-17/h3-14H,1-2H3,(H2,22,23,27). The molecule has 0 fully saturated rings. The van der Waals surface area contributed by atoms with Crippen LogP contribution in [0.25, 0.3) is 0 Å². The molecule has 3 aromatic rings. The molecule has 0 spiro atoms. The molecule has 0 aromatic heterocycles. The Hall–Kier alpha value is -3.25. The van der Waals surface area contributed by atoms with Crippen molar-refractivity contribution in [2.75, 3.05) is 24.9 Å². The van der Waals surface area contributed by atoms with Crippen LogP contribution in [-0.4, -0.2) is 19.3 Å². The van der Waals surface area contributed by atoms with Crippen LogP contribution in [-0.2, 0) is 0 Å². The van der Waals surface area contributed by atoms with Crippen molar-refractivity contribution in [2.24, 2.45) is 0 Å². The van der Waals surface area contributed by atoms with E-state index >= 15 is 0 Å². The van der Waals surface area contributed by atoms with Gasteiger partial charge < -0.3 is 24.8 Å². The van der Waals surface area contributed by atoms with Gasteiger partial charge in [0.25, 0.3) is 0 Å². The Labute approximate surface area is 163 Å². The van der Waals surface area contributed by atoms with Gasteiger partial charge in [-0.2, -0.15) is 0 Å². The zero-order valence-corrected chi connectivity index (χ0v) is 15.9. The third-order valence-corrected chi connectivity index (χ3v) is 3.90. The molecule has 0 radical (unpaired) electrons. The first-order valence-corrected chi connectivity index (χ1v) is 8.71. The molecular formula is C21H20N2O3S. The van der Waals surface area contributed by atoms with Gasteiger partial charge in [-0.1, -0.05) is 18.2 Å². The lowest BCUT2D eigenvalue weighted by Crippen LogP contribution is -2.19. The number of thiocarbonyl (C=S) groups is 1. The summed E-state index contributed by atoms with van der Waals surface area (Å²) in [6.45, 7) is 0. The summed E-state index contributed by atoms with van der Waals surface area (Å²) in [7, 11) is 3.21. The van der Waals surface area contributed by atoms with Crippen molar-refractivity contribution in [1.82, 2.24) is 0 Å². The summed E-state index contributed by atoms with van der Waals surface area (Å²) >= 11 is 5.38. The van der Waals surface area contributed by atoms with Crippen molar-refractivity contribution < 1.29 is 14.2 Å². The van der Waals surface area contributed by atoms with Crippen molar-refractivity contribution in [1.29, 1.82) is 0 Å². The molecule has 0 atom stereocenters. The summed E-state index contributed by atoms with van der Waals surface area (Å²) in [4.78, 5) is 0. The van der Waals surface area contributed by atoms with Crippen LogP contribution in [0.4, 0.5) is 11.4 Å². The highest BCUT2D eigenvalue weighted by Gasteiger charge is 2.05. The number of benzene rings is 3. The van der Waals surface area contributed by atoms with Crippen molar-refractivity contribution in [3.63, 3.8) is 0 Å². The number of anilines is 2. The molecule has 0 bridgehead atoms. The van der Waals surface area contributed by atoms with Gasteiger partial charge >= 0.3 is 0 Å². The van der Waals surface area contributed by atoms with Gasteiger partial charge in [0, 0.05) is 29.6 Å². The fourth-order valence-electron chi connectivity index (χ4n) is 2.40. The molecular weight excluding hydrogens is 360 g/mol. The lowest BCUT2D eigenvalue weighted by atomic mass is 10.2. The summed E-state index contributed by atoms with van der Waals surface area (Å²) in [5.41, 5.74) is 1.62. The van der Waals surface area contributed by atoms with Gasteiger partial charge in [-0.3, -0.25) is 0 Å². The van der Waals surface area contributed by atoms with Crippen LogP contribution in [0.1, 0.15) is 0 Å². The van der Waals surface area contributed by atoms with E-state index in [4.69, 9.17) is 26.4 Å². The monoisotopic (exact) mass is 380 g/mol. The molecule has 0 saturated carbocycles. The Balaban J connectivity index is 1.61. The van der Waals surface area contributed by atoms with Gasteiger partial charge in [0.15, 0.2) is 5.11 Å². The minimum atomic E-state index is 0.460. The third-order valence-electron chi connectivity index (χ3n) is 3.70. The maximum absolute atomic E-state index is 5.78. The summed E-state index contributed by atoms with van der Waals surface area (Å²) in [6.07, 6.45) is 0. The van der Waals surface area contributed by atoms with E-state index in [2.05, 4.69) is 10.6 Å². The van der Waals surface area contributed by atoms with E-state index in [0.29, 0.717) is 16.6 Å². The molecule has 6 heteroatoms. The van der Waals surface area contributed by atoms with E-state index in [0.717, 1.165) is 22.9 Å². The normalized spacial score (nSPS) is 10.0. The van der Waals surface area contributed by atoms with Gasteiger partial charge in [0.1, 0.15) is 23.0 Å². The van der Waals surface area contributed by atoms with E-state index < -0.39 is 0 Å². The second-order valence-corrected chi connectivity index (χ2v) is 6.03. The van der Waals surface area contributed by atoms with E-state index in [1.54, 1.807) is 20.3 Å². The fraction of sp³-hybridized carbons (Fsp3) is 0.0952. The van der Waals surface area contributed by atoms with Gasteiger partial charge in [0.05, 0.1) is 14.2 Å². The molecule has 5 nitrogen and oxygen atoms in total. The predicted molar refractivity (Wildman–Crippen MR) is 112 cm³/mol.